The zero-order valence-electron chi connectivity index (χ0n) is 16.9. The van der Waals surface area contributed by atoms with Gasteiger partial charge in [0, 0.05) is 0 Å². The number of fused-ring (bicyclic) bond motifs is 13. The van der Waals surface area contributed by atoms with E-state index in [4.69, 9.17) is 0 Å². The lowest BCUT2D eigenvalue weighted by molar-refractivity contribution is 1.31. The molecule has 7 rings (SSSR count). The predicted molar refractivity (Wildman–Crippen MR) is 129 cm³/mol. The summed E-state index contributed by atoms with van der Waals surface area (Å²) in [5.74, 6) is 0. The second kappa shape index (κ2) is 5.70. The molecular formula is C30H20. The van der Waals surface area contributed by atoms with Crippen LogP contribution in [0.1, 0.15) is 16.7 Å². The van der Waals surface area contributed by atoms with Crippen molar-refractivity contribution < 1.29 is 0 Å². The van der Waals surface area contributed by atoms with E-state index in [9.17, 15) is 0 Å². The summed E-state index contributed by atoms with van der Waals surface area (Å²) in [4.78, 5) is 0. The molecule has 0 saturated heterocycles. The Morgan fingerprint density at radius 3 is 1.47 bits per heavy atom. The van der Waals surface area contributed by atoms with Gasteiger partial charge in [-0.25, -0.2) is 0 Å². The fourth-order valence-electron chi connectivity index (χ4n) is 5.71. The third kappa shape index (κ3) is 1.96. The lowest BCUT2D eigenvalue weighted by Gasteiger charge is -2.15. The Balaban J connectivity index is 1.78. The normalized spacial score (nSPS) is 12.7. The van der Waals surface area contributed by atoms with Crippen LogP contribution in [0.4, 0.5) is 0 Å². The molecule has 1 aliphatic rings. The molecule has 0 radical (unpaired) electrons. The molecular weight excluding hydrogens is 360 g/mol. The number of hydrogen-bond acceptors (Lipinski definition) is 0. The quantitative estimate of drug-likeness (QED) is 0.233. The standard InChI is InChI=1S/C30H20/c1-18-14-15-23-26(16-18)22-11-5-7-13-25(22)30-28(23)17-27-21-10-3-2-8-19(21)20-9-4-6-12-24(20)29(27)30/h2-16H,17H2,1H3. The van der Waals surface area contributed by atoms with Gasteiger partial charge in [0.2, 0.25) is 0 Å². The highest BCUT2D eigenvalue weighted by molar-refractivity contribution is 6.24. The summed E-state index contributed by atoms with van der Waals surface area (Å²) < 4.78 is 0. The van der Waals surface area contributed by atoms with Gasteiger partial charge in [0.15, 0.2) is 0 Å². The summed E-state index contributed by atoms with van der Waals surface area (Å²) >= 11 is 0. The Bertz CT molecular complexity index is 1670. The van der Waals surface area contributed by atoms with E-state index in [1.807, 2.05) is 0 Å². The van der Waals surface area contributed by atoms with Crippen LogP contribution in [0.3, 0.4) is 0 Å². The first-order valence-corrected chi connectivity index (χ1v) is 10.7. The van der Waals surface area contributed by atoms with Crippen molar-refractivity contribution in [2.45, 2.75) is 13.3 Å². The van der Waals surface area contributed by atoms with E-state index in [-0.39, 0.29) is 0 Å². The first-order chi connectivity index (χ1) is 14.8. The molecule has 0 N–H and O–H groups in total. The van der Waals surface area contributed by atoms with Gasteiger partial charge in [0.05, 0.1) is 0 Å². The van der Waals surface area contributed by atoms with Crippen molar-refractivity contribution in [1.82, 2.24) is 0 Å². The molecule has 30 heavy (non-hydrogen) atoms. The van der Waals surface area contributed by atoms with Crippen molar-refractivity contribution in [3.63, 3.8) is 0 Å². The zero-order valence-corrected chi connectivity index (χ0v) is 16.9. The van der Waals surface area contributed by atoms with Crippen LogP contribution in [0.25, 0.3) is 54.2 Å². The topological polar surface area (TPSA) is 0 Å². The van der Waals surface area contributed by atoms with Crippen LogP contribution >= 0.6 is 0 Å². The molecule has 0 amide bonds. The smallest absolute Gasteiger partial charge is 0.0000653 e. The van der Waals surface area contributed by atoms with Gasteiger partial charge in [0.1, 0.15) is 0 Å². The molecule has 0 bridgehead atoms. The van der Waals surface area contributed by atoms with Gasteiger partial charge in [-0.05, 0) is 78.7 Å². The van der Waals surface area contributed by atoms with E-state index in [0.29, 0.717) is 0 Å². The molecule has 0 aliphatic heterocycles. The van der Waals surface area contributed by atoms with Crippen LogP contribution in [0.2, 0.25) is 0 Å². The molecule has 0 spiro atoms. The van der Waals surface area contributed by atoms with Gasteiger partial charge < -0.3 is 0 Å². The first-order valence-electron chi connectivity index (χ1n) is 10.7. The number of aryl methyl sites for hydroxylation is 1. The minimum atomic E-state index is 1.00. The van der Waals surface area contributed by atoms with Crippen LogP contribution in [-0.2, 0) is 6.42 Å². The largest absolute Gasteiger partial charge is 0.0616 e. The second-order valence-electron chi connectivity index (χ2n) is 8.57. The summed E-state index contributed by atoms with van der Waals surface area (Å²) in [7, 11) is 0. The first kappa shape index (κ1) is 16.2. The van der Waals surface area contributed by atoms with Crippen molar-refractivity contribution in [3.05, 3.63) is 108 Å². The third-order valence-electron chi connectivity index (χ3n) is 6.93. The SMILES string of the molecule is Cc1ccc2c3c(c4ccccc4c2c1)-c1c(c2ccccc2c2ccccc12)C3. The molecule has 0 heterocycles. The van der Waals surface area contributed by atoms with Crippen LogP contribution in [0, 0.1) is 6.92 Å². The van der Waals surface area contributed by atoms with Crippen molar-refractivity contribution in [2.24, 2.45) is 0 Å². The lowest BCUT2D eigenvalue weighted by atomic mass is 9.88. The minimum absolute atomic E-state index is 1.00. The fraction of sp³-hybridized carbons (Fsp3) is 0.0667. The maximum atomic E-state index is 2.36. The summed E-state index contributed by atoms with van der Waals surface area (Å²) in [5.41, 5.74) is 7.17. The predicted octanol–water partition coefficient (Wildman–Crippen LogP) is 8.18. The number of hydrogen-bond donors (Lipinski definition) is 0. The lowest BCUT2D eigenvalue weighted by Crippen LogP contribution is -1.89. The van der Waals surface area contributed by atoms with Gasteiger partial charge in [-0.3, -0.25) is 0 Å². The zero-order chi connectivity index (χ0) is 19.8. The highest BCUT2D eigenvalue weighted by Gasteiger charge is 2.27. The van der Waals surface area contributed by atoms with Crippen LogP contribution in [0.15, 0.2) is 91.0 Å². The average molecular weight is 380 g/mol. The summed E-state index contributed by atoms with van der Waals surface area (Å²) in [6.45, 7) is 2.19. The molecule has 0 heteroatoms. The number of rotatable bonds is 0. The minimum Gasteiger partial charge on any atom is -0.0616 e. The van der Waals surface area contributed by atoms with E-state index in [0.717, 1.165) is 6.42 Å². The van der Waals surface area contributed by atoms with Gasteiger partial charge in [-0.2, -0.15) is 0 Å². The number of benzene rings is 6. The monoisotopic (exact) mass is 380 g/mol. The Morgan fingerprint density at radius 1 is 0.433 bits per heavy atom. The molecule has 0 nitrogen and oxygen atoms in total. The van der Waals surface area contributed by atoms with Gasteiger partial charge in [-0.15, -0.1) is 0 Å². The molecule has 6 aromatic carbocycles. The molecule has 0 aromatic heterocycles. The molecule has 0 saturated carbocycles. The highest BCUT2D eigenvalue weighted by atomic mass is 14.3. The van der Waals surface area contributed by atoms with Crippen molar-refractivity contribution in [1.29, 1.82) is 0 Å². The van der Waals surface area contributed by atoms with E-state index >= 15 is 0 Å². The Labute approximate surface area is 175 Å². The summed E-state index contributed by atoms with van der Waals surface area (Å²) in [6, 6.07) is 33.8. The highest BCUT2D eigenvalue weighted by Crippen LogP contribution is 2.51. The van der Waals surface area contributed by atoms with Gasteiger partial charge in [-0.1, -0.05) is 96.6 Å². The molecule has 0 atom stereocenters. The van der Waals surface area contributed by atoms with Crippen LogP contribution in [-0.4, -0.2) is 0 Å². The fourth-order valence-corrected chi connectivity index (χ4v) is 5.71. The molecule has 0 unspecified atom stereocenters. The van der Waals surface area contributed by atoms with Crippen LogP contribution < -0.4 is 0 Å². The van der Waals surface area contributed by atoms with E-state index in [1.165, 1.54) is 70.9 Å². The maximum absolute atomic E-state index is 2.36. The van der Waals surface area contributed by atoms with Crippen molar-refractivity contribution >= 4 is 43.1 Å². The Hall–Kier alpha value is -3.64. The molecule has 1 aliphatic carbocycles. The van der Waals surface area contributed by atoms with Gasteiger partial charge in [0.25, 0.3) is 0 Å². The van der Waals surface area contributed by atoms with Crippen molar-refractivity contribution in [2.75, 3.05) is 0 Å². The third-order valence-corrected chi connectivity index (χ3v) is 6.93. The van der Waals surface area contributed by atoms with Gasteiger partial charge >= 0.3 is 0 Å². The summed E-state index contributed by atoms with van der Waals surface area (Å²) in [6.07, 6.45) is 1.00. The average Bonchev–Trinajstić information content (AvgIpc) is 3.21. The van der Waals surface area contributed by atoms with Crippen LogP contribution in [0.5, 0.6) is 0 Å². The van der Waals surface area contributed by atoms with E-state index in [1.54, 1.807) is 0 Å². The van der Waals surface area contributed by atoms with E-state index < -0.39 is 0 Å². The maximum Gasteiger partial charge on any atom is -0.0000653 e. The molecule has 6 aromatic rings. The Kier molecular flexibility index (Phi) is 3.08. The van der Waals surface area contributed by atoms with E-state index in [2.05, 4.69) is 97.9 Å². The molecule has 140 valence electrons. The molecule has 0 fully saturated rings. The second-order valence-corrected chi connectivity index (χ2v) is 8.57. The summed E-state index contributed by atoms with van der Waals surface area (Å²) in [5, 5.41) is 11.0. The van der Waals surface area contributed by atoms with Crippen molar-refractivity contribution in [3.8, 4) is 11.1 Å². The Morgan fingerprint density at radius 2 is 0.867 bits per heavy atom.